The first-order chi connectivity index (χ1) is 20.8. The van der Waals surface area contributed by atoms with Crippen molar-refractivity contribution in [2.75, 3.05) is 13.1 Å². The van der Waals surface area contributed by atoms with Crippen molar-refractivity contribution in [2.45, 2.75) is 70.6 Å². The van der Waals surface area contributed by atoms with Gasteiger partial charge in [-0.15, -0.1) is 0 Å². The zero-order valence-electron chi connectivity index (χ0n) is 25.4. The van der Waals surface area contributed by atoms with E-state index in [4.69, 9.17) is 0 Å². The smallest absolute Gasteiger partial charge is 0.374 e. The number of rotatable bonds is 7. The highest BCUT2D eigenvalue weighted by atomic mass is 19.4. The molecule has 1 amide bonds. The number of halogens is 6. The Balaban J connectivity index is 1.65. The summed E-state index contributed by atoms with van der Waals surface area (Å²) in [7, 11) is 0. The Hall–Kier alpha value is -3.70. The van der Waals surface area contributed by atoms with Crippen molar-refractivity contribution in [3.05, 3.63) is 106 Å². The third kappa shape index (κ3) is 8.32. The molecule has 0 spiro atoms. The highest BCUT2D eigenvalue weighted by Gasteiger charge is 2.41. The Kier molecular flexibility index (Phi) is 9.84. The number of carbonyl (C=O) groups is 2. The number of benzene rings is 3. The van der Waals surface area contributed by atoms with E-state index in [1.165, 1.54) is 0 Å². The van der Waals surface area contributed by atoms with Gasteiger partial charge in [-0.25, -0.2) is 0 Å². The summed E-state index contributed by atoms with van der Waals surface area (Å²) < 4.78 is 81.3. The molecule has 1 fully saturated rings. The van der Waals surface area contributed by atoms with E-state index in [2.05, 4.69) is 5.32 Å². The van der Waals surface area contributed by atoms with Gasteiger partial charge in [-0.2, -0.15) is 26.3 Å². The van der Waals surface area contributed by atoms with Crippen molar-refractivity contribution in [1.29, 1.82) is 0 Å². The van der Waals surface area contributed by atoms with Gasteiger partial charge >= 0.3 is 12.4 Å². The van der Waals surface area contributed by atoms with Crippen molar-refractivity contribution >= 4 is 11.7 Å². The van der Waals surface area contributed by atoms with Crippen molar-refractivity contribution in [1.82, 2.24) is 10.2 Å². The first-order valence-electron chi connectivity index (χ1n) is 14.5. The molecule has 4 rings (SSSR count). The van der Waals surface area contributed by atoms with Gasteiger partial charge < -0.3 is 10.4 Å². The number of hydrogen-bond acceptors (Lipinski definition) is 4. The number of hydrogen-bond donors (Lipinski definition) is 2. The van der Waals surface area contributed by atoms with E-state index in [9.17, 15) is 41.0 Å². The predicted molar refractivity (Wildman–Crippen MR) is 157 cm³/mol. The number of alkyl halides is 6. The largest absolute Gasteiger partial charge is 0.416 e. The number of amides is 1. The molecule has 3 atom stereocenters. The Morgan fingerprint density at radius 3 is 2.00 bits per heavy atom. The van der Waals surface area contributed by atoms with Gasteiger partial charge in [0.25, 0.3) is 0 Å². The van der Waals surface area contributed by atoms with Crippen LogP contribution in [0.4, 0.5) is 26.3 Å². The lowest BCUT2D eigenvalue weighted by Crippen LogP contribution is -2.55. The molecule has 0 radical (unpaired) electrons. The van der Waals surface area contributed by atoms with Gasteiger partial charge in [0.15, 0.2) is 5.78 Å². The number of Topliss-reactive ketones (excluding diaryl/α,β-unsaturated/α-hetero) is 1. The lowest BCUT2D eigenvalue weighted by molar-refractivity contribution is -0.143. The van der Waals surface area contributed by atoms with Crippen LogP contribution in [0.15, 0.2) is 66.7 Å². The molecule has 242 valence electrons. The summed E-state index contributed by atoms with van der Waals surface area (Å²) >= 11 is 0. The van der Waals surface area contributed by atoms with Crippen molar-refractivity contribution in [3.63, 3.8) is 0 Å². The van der Waals surface area contributed by atoms with Crippen LogP contribution >= 0.6 is 0 Å². The second-order valence-corrected chi connectivity index (χ2v) is 12.6. The molecule has 2 N–H and O–H groups in total. The molecule has 5 nitrogen and oxygen atoms in total. The van der Waals surface area contributed by atoms with Crippen molar-refractivity contribution in [2.24, 2.45) is 5.92 Å². The third-order valence-electron chi connectivity index (χ3n) is 8.23. The summed E-state index contributed by atoms with van der Waals surface area (Å²) in [6.07, 6.45) is -11.4. The maximum Gasteiger partial charge on any atom is 0.416 e. The van der Waals surface area contributed by atoms with Crippen LogP contribution < -0.4 is 5.32 Å². The molecule has 0 aliphatic carbocycles. The van der Waals surface area contributed by atoms with E-state index < -0.39 is 58.9 Å². The summed E-state index contributed by atoms with van der Waals surface area (Å²) in [5, 5.41) is 14.0. The second kappa shape index (κ2) is 13.0. The molecule has 0 aromatic heterocycles. The van der Waals surface area contributed by atoms with Crippen LogP contribution in [0.3, 0.4) is 0 Å². The summed E-state index contributed by atoms with van der Waals surface area (Å²) in [5.74, 6) is -2.56. The minimum Gasteiger partial charge on any atom is -0.374 e. The number of aliphatic hydroxyl groups is 1. The summed E-state index contributed by atoms with van der Waals surface area (Å²) in [6.45, 7) is 8.01. The van der Waals surface area contributed by atoms with Gasteiger partial charge in [-0.1, -0.05) is 69.3 Å². The number of aliphatic hydroxyl groups excluding tert-OH is 1. The van der Waals surface area contributed by atoms with Crippen molar-refractivity contribution in [3.8, 4) is 0 Å². The van der Waals surface area contributed by atoms with Gasteiger partial charge in [-0.3, -0.25) is 14.5 Å². The number of piperidine rings is 1. The normalized spacial score (nSPS) is 18.8. The molecule has 3 unspecified atom stereocenters. The van der Waals surface area contributed by atoms with Gasteiger partial charge in [0.05, 0.1) is 23.6 Å². The maximum absolute atomic E-state index is 13.7. The fourth-order valence-electron chi connectivity index (χ4n) is 5.58. The zero-order chi connectivity index (χ0) is 33.3. The number of nitrogens with zero attached hydrogens (tertiary/aromatic N) is 1. The van der Waals surface area contributed by atoms with Crippen LogP contribution in [0.1, 0.15) is 77.2 Å². The fraction of sp³-hybridized carbons (Fsp3) is 0.412. The molecular formula is C34H36F6N2O3. The van der Waals surface area contributed by atoms with Gasteiger partial charge in [0.1, 0.15) is 6.23 Å². The Morgan fingerprint density at radius 2 is 1.47 bits per heavy atom. The minimum absolute atomic E-state index is 0.0249. The number of likely N-dealkylation sites (tertiary alicyclic amines) is 1. The number of ketones is 1. The molecule has 1 aliphatic heterocycles. The number of carbonyl (C=O) groups excluding carboxylic acids is 2. The van der Waals surface area contributed by atoms with Crippen LogP contribution in [0.25, 0.3) is 0 Å². The lowest BCUT2D eigenvalue weighted by Gasteiger charge is -2.40. The topological polar surface area (TPSA) is 69.6 Å². The van der Waals surface area contributed by atoms with Gasteiger partial charge in [0, 0.05) is 24.6 Å². The third-order valence-corrected chi connectivity index (χ3v) is 8.23. The average molecular weight is 635 g/mol. The first-order valence-corrected chi connectivity index (χ1v) is 14.5. The highest BCUT2D eigenvalue weighted by Crippen LogP contribution is 2.38. The van der Waals surface area contributed by atoms with Crippen LogP contribution in [0.5, 0.6) is 0 Å². The molecule has 45 heavy (non-hydrogen) atoms. The maximum atomic E-state index is 13.7. The molecule has 1 saturated heterocycles. The highest BCUT2D eigenvalue weighted by molar-refractivity contribution is 5.99. The van der Waals surface area contributed by atoms with Gasteiger partial charge in [-0.05, 0) is 59.2 Å². The monoisotopic (exact) mass is 634 g/mol. The zero-order valence-corrected chi connectivity index (χ0v) is 25.4. The molecule has 0 saturated carbocycles. The minimum atomic E-state index is -5.12. The SMILES string of the molecule is Cc1ccccc1CC(=O)NC1CN(C(O)c2ccc(C(C)(C)C)cc2)CCC1C(=O)c1cc(C(F)(F)F)cc(C(F)(F)F)c1. The molecule has 11 heteroatoms. The summed E-state index contributed by atoms with van der Waals surface area (Å²) in [4.78, 5) is 28.5. The molecule has 1 aliphatic rings. The standard InChI is InChI=1S/C34H36F6N2O3/c1-20-7-5-6-8-22(20)17-29(43)41-28-19-42(31(45)21-9-11-24(12-10-21)32(2,3)4)14-13-27(28)30(44)23-15-25(33(35,36)37)18-26(16-23)34(38,39)40/h5-12,15-16,18,27-28,31,45H,13-14,17,19H2,1-4H3,(H,41,43). The summed E-state index contributed by atoms with van der Waals surface area (Å²) in [5.41, 5.74) is -0.870. The average Bonchev–Trinajstić information content (AvgIpc) is 2.96. The van der Waals surface area contributed by atoms with Gasteiger partial charge in [0.2, 0.25) is 5.91 Å². The van der Waals surface area contributed by atoms with E-state index in [0.29, 0.717) is 17.7 Å². The molecule has 0 bridgehead atoms. The number of nitrogens with one attached hydrogen (secondary N) is 1. The fourth-order valence-corrected chi connectivity index (χ4v) is 5.58. The van der Waals surface area contributed by atoms with E-state index in [-0.39, 0.29) is 37.4 Å². The Labute approximate surface area is 258 Å². The first kappa shape index (κ1) is 34.2. The van der Waals surface area contributed by atoms with Crippen LogP contribution in [0.2, 0.25) is 0 Å². The van der Waals surface area contributed by atoms with Crippen LogP contribution in [-0.2, 0) is 29.0 Å². The number of aryl methyl sites for hydroxylation is 1. The molecule has 1 heterocycles. The van der Waals surface area contributed by atoms with Crippen LogP contribution in [-0.4, -0.2) is 40.8 Å². The Morgan fingerprint density at radius 1 is 0.889 bits per heavy atom. The van der Waals surface area contributed by atoms with E-state index >= 15 is 0 Å². The molecule has 3 aromatic carbocycles. The van der Waals surface area contributed by atoms with Crippen LogP contribution in [0, 0.1) is 12.8 Å². The van der Waals surface area contributed by atoms with E-state index in [1.807, 2.05) is 52.0 Å². The molecular weight excluding hydrogens is 598 g/mol. The van der Waals surface area contributed by atoms with E-state index in [0.717, 1.165) is 16.7 Å². The van der Waals surface area contributed by atoms with E-state index in [1.54, 1.807) is 29.2 Å². The molecule has 3 aromatic rings. The van der Waals surface area contributed by atoms with Crippen molar-refractivity contribution < 1.29 is 41.0 Å². The lowest BCUT2D eigenvalue weighted by atomic mass is 9.83. The Bertz CT molecular complexity index is 1490. The second-order valence-electron chi connectivity index (χ2n) is 12.6. The quantitative estimate of drug-likeness (QED) is 0.212. The predicted octanol–water partition coefficient (Wildman–Crippen LogP) is 7.25. The summed E-state index contributed by atoms with van der Waals surface area (Å²) in [6, 6.07) is 14.3.